The van der Waals surface area contributed by atoms with Gasteiger partial charge in [-0.05, 0) is 37.1 Å². The van der Waals surface area contributed by atoms with Gasteiger partial charge >= 0.3 is 6.03 Å². The van der Waals surface area contributed by atoms with Crippen molar-refractivity contribution in [1.82, 2.24) is 5.43 Å². The second-order valence-electron chi connectivity index (χ2n) is 3.94. The van der Waals surface area contributed by atoms with E-state index in [0.29, 0.717) is 11.3 Å². The number of hydrazone groups is 1. The molecular formula is C12H16N4O2. The molecule has 96 valence electrons. The van der Waals surface area contributed by atoms with Gasteiger partial charge in [0, 0.05) is 18.2 Å². The van der Waals surface area contributed by atoms with Crippen LogP contribution in [0.2, 0.25) is 0 Å². The highest BCUT2D eigenvalue weighted by atomic mass is 16.2. The van der Waals surface area contributed by atoms with Crippen molar-refractivity contribution >= 4 is 23.8 Å². The molecule has 0 spiro atoms. The van der Waals surface area contributed by atoms with Crippen LogP contribution in [0.5, 0.6) is 0 Å². The second kappa shape index (κ2) is 5.81. The van der Waals surface area contributed by atoms with Crippen molar-refractivity contribution in [3.05, 3.63) is 28.8 Å². The summed E-state index contributed by atoms with van der Waals surface area (Å²) >= 11 is 0. The van der Waals surface area contributed by atoms with Gasteiger partial charge in [-0.25, -0.2) is 10.2 Å². The third kappa shape index (κ3) is 3.89. The summed E-state index contributed by atoms with van der Waals surface area (Å²) < 4.78 is 0. The van der Waals surface area contributed by atoms with E-state index in [2.05, 4.69) is 15.8 Å². The lowest BCUT2D eigenvalue weighted by atomic mass is 10.0. The van der Waals surface area contributed by atoms with Crippen LogP contribution in [-0.4, -0.2) is 18.2 Å². The van der Waals surface area contributed by atoms with Crippen molar-refractivity contribution in [1.29, 1.82) is 0 Å². The standard InChI is InChI=1S/C12H16N4O2/c1-7-4-10(6-14-16-12(13)18)11(5-8(7)2)15-9(3)17/h4-6H,1-3H3,(H,15,17)(H3,13,16,18). The Hall–Kier alpha value is -2.37. The monoisotopic (exact) mass is 248 g/mol. The van der Waals surface area contributed by atoms with Crippen molar-refractivity contribution in [2.45, 2.75) is 20.8 Å². The van der Waals surface area contributed by atoms with Crippen LogP contribution in [0, 0.1) is 13.8 Å². The molecule has 1 rings (SSSR count). The number of urea groups is 1. The van der Waals surface area contributed by atoms with Crippen LogP contribution in [0.25, 0.3) is 0 Å². The van der Waals surface area contributed by atoms with Gasteiger partial charge in [0.25, 0.3) is 0 Å². The lowest BCUT2D eigenvalue weighted by molar-refractivity contribution is -0.114. The fraction of sp³-hybridized carbons (Fsp3) is 0.250. The van der Waals surface area contributed by atoms with Crippen LogP contribution in [0.3, 0.4) is 0 Å². The van der Waals surface area contributed by atoms with Gasteiger partial charge in [0.15, 0.2) is 0 Å². The first-order valence-electron chi connectivity index (χ1n) is 5.37. The van der Waals surface area contributed by atoms with Crippen LogP contribution in [0.1, 0.15) is 23.6 Å². The molecule has 0 radical (unpaired) electrons. The molecule has 1 aromatic rings. The van der Waals surface area contributed by atoms with E-state index in [4.69, 9.17) is 5.73 Å². The van der Waals surface area contributed by atoms with Gasteiger partial charge in [-0.15, -0.1) is 0 Å². The van der Waals surface area contributed by atoms with Crippen molar-refractivity contribution in [2.24, 2.45) is 10.8 Å². The largest absolute Gasteiger partial charge is 0.350 e. The lowest BCUT2D eigenvalue weighted by Crippen LogP contribution is -2.24. The molecule has 0 aromatic heterocycles. The topological polar surface area (TPSA) is 96.6 Å². The summed E-state index contributed by atoms with van der Waals surface area (Å²) in [5, 5.41) is 6.38. The summed E-state index contributed by atoms with van der Waals surface area (Å²) in [5.74, 6) is -0.171. The van der Waals surface area contributed by atoms with Gasteiger partial charge in [-0.1, -0.05) is 0 Å². The Morgan fingerprint density at radius 1 is 1.28 bits per heavy atom. The average Bonchev–Trinajstić information content (AvgIpc) is 2.23. The molecule has 0 saturated carbocycles. The molecule has 1 aromatic carbocycles. The molecule has 0 unspecified atom stereocenters. The zero-order valence-electron chi connectivity index (χ0n) is 10.6. The maximum atomic E-state index is 11.1. The number of primary amides is 1. The van der Waals surface area contributed by atoms with E-state index < -0.39 is 6.03 Å². The van der Waals surface area contributed by atoms with Gasteiger partial charge in [0.1, 0.15) is 0 Å². The molecule has 18 heavy (non-hydrogen) atoms. The van der Waals surface area contributed by atoms with E-state index in [-0.39, 0.29) is 5.91 Å². The molecule has 0 heterocycles. The van der Waals surface area contributed by atoms with Gasteiger partial charge < -0.3 is 11.1 Å². The lowest BCUT2D eigenvalue weighted by Gasteiger charge is -2.10. The highest BCUT2D eigenvalue weighted by Gasteiger charge is 2.05. The minimum atomic E-state index is -0.740. The maximum Gasteiger partial charge on any atom is 0.332 e. The predicted molar refractivity (Wildman–Crippen MR) is 70.5 cm³/mol. The van der Waals surface area contributed by atoms with Gasteiger partial charge in [-0.3, -0.25) is 4.79 Å². The van der Waals surface area contributed by atoms with E-state index in [0.717, 1.165) is 11.1 Å². The van der Waals surface area contributed by atoms with E-state index in [1.807, 2.05) is 26.0 Å². The zero-order chi connectivity index (χ0) is 13.7. The summed E-state index contributed by atoms with van der Waals surface area (Å²) in [6.45, 7) is 5.33. The summed E-state index contributed by atoms with van der Waals surface area (Å²) in [5.41, 5.74) is 10.5. The quantitative estimate of drug-likeness (QED) is 0.554. The van der Waals surface area contributed by atoms with E-state index >= 15 is 0 Å². The number of hydrogen-bond donors (Lipinski definition) is 3. The van der Waals surface area contributed by atoms with Gasteiger partial charge in [-0.2, -0.15) is 5.10 Å². The third-order valence-electron chi connectivity index (χ3n) is 2.35. The van der Waals surface area contributed by atoms with Crippen molar-refractivity contribution in [3.63, 3.8) is 0 Å². The molecule has 0 atom stereocenters. The molecule has 6 heteroatoms. The molecule has 6 nitrogen and oxygen atoms in total. The molecule has 0 bridgehead atoms. The van der Waals surface area contributed by atoms with E-state index in [1.54, 1.807) is 0 Å². The zero-order valence-corrected chi connectivity index (χ0v) is 10.6. The molecule has 0 aliphatic rings. The molecular weight excluding hydrogens is 232 g/mol. The predicted octanol–water partition coefficient (Wildman–Crippen LogP) is 1.26. The number of rotatable bonds is 3. The molecule has 0 fully saturated rings. The Morgan fingerprint density at radius 3 is 2.44 bits per heavy atom. The van der Waals surface area contributed by atoms with Crippen molar-refractivity contribution in [3.8, 4) is 0 Å². The van der Waals surface area contributed by atoms with Crippen LogP contribution >= 0.6 is 0 Å². The van der Waals surface area contributed by atoms with Crippen LogP contribution < -0.4 is 16.5 Å². The number of carbonyl (C=O) groups excluding carboxylic acids is 2. The van der Waals surface area contributed by atoms with Gasteiger partial charge in [0.05, 0.1) is 6.21 Å². The number of nitrogens with one attached hydrogen (secondary N) is 2. The smallest absolute Gasteiger partial charge is 0.332 e. The van der Waals surface area contributed by atoms with Crippen molar-refractivity contribution in [2.75, 3.05) is 5.32 Å². The van der Waals surface area contributed by atoms with Crippen LogP contribution in [0.15, 0.2) is 17.2 Å². The van der Waals surface area contributed by atoms with Crippen LogP contribution in [0.4, 0.5) is 10.5 Å². The number of amides is 3. The average molecular weight is 248 g/mol. The fourth-order valence-electron chi connectivity index (χ4n) is 1.41. The number of carbonyl (C=O) groups is 2. The van der Waals surface area contributed by atoms with Crippen molar-refractivity contribution < 1.29 is 9.59 Å². The Morgan fingerprint density at radius 2 is 1.89 bits per heavy atom. The number of benzene rings is 1. The first kappa shape index (κ1) is 13.7. The minimum Gasteiger partial charge on any atom is -0.350 e. The maximum absolute atomic E-state index is 11.1. The molecule has 0 saturated heterocycles. The number of nitrogens with two attached hydrogens (primary N) is 1. The Labute approximate surface area is 105 Å². The molecule has 0 aliphatic carbocycles. The number of nitrogens with zero attached hydrogens (tertiary/aromatic N) is 1. The summed E-state index contributed by atoms with van der Waals surface area (Å²) in [6, 6.07) is 2.98. The molecule has 3 amide bonds. The number of aryl methyl sites for hydroxylation is 2. The molecule has 4 N–H and O–H groups in total. The Balaban J connectivity index is 3.06. The minimum absolute atomic E-state index is 0.171. The highest BCUT2D eigenvalue weighted by Crippen LogP contribution is 2.19. The highest BCUT2D eigenvalue weighted by molar-refractivity contribution is 5.97. The third-order valence-corrected chi connectivity index (χ3v) is 2.35. The van der Waals surface area contributed by atoms with E-state index in [9.17, 15) is 9.59 Å². The SMILES string of the molecule is CC(=O)Nc1cc(C)c(C)cc1C=NNC(N)=O. The number of anilines is 1. The fourth-order valence-corrected chi connectivity index (χ4v) is 1.41. The van der Waals surface area contributed by atoms with Gasteiger partial charge in [0.2, 0.25) is 5.91 Å². The van der Waals surface area contributed by atoms with E-state index in [1.165, 1.54) is 13.1 Å². The first-order valence-corrected chi connectivity index (χ1v) is 5.37. The van der Waals surface area contributed by atoms with Crippen LogP contribution in [-0.2, 0) is 4.79 Å². The summed E-state index contributed by atoms with van der Waals surface area (Å²) in [4.78, 5) is 21.6. The second-order valence-corrected chi connectivity index (χ2v) is 3.94. The number of hydrogen-bond acceptors (Lipinski definition) is 3. The Bertz CT molecular complexity index is 509. The Kier molecular flexibility index (Phi) is 4.42. The summed E-state index contributed by atoms with van der Waals surface area (Å²) in [7, 11) is 0. The molecule has 0 aliphatic heterocycles. The normalized spacial score (nSPS) is 10.4. The first-order chi connectivity index (χ1) is 8.40. The summed E-state index contributed by atoms with van der Waals surface area (Å²) in [6.07, 6.45) is 1.43.